The summed E-state index contributed by atoms with van der Waals surface area (Å²) in [5.41, 5.74) is 1.31. The summed E-state index contributed by atoms with van der Waals surface area (Å²) >= 11 is 7.64. The fourth-order valence-electron chi connectivity index (χ4n) is 3.34. The largest absolute Gasteiger partial charge is 0.468 e. The first kappa shape index (κ1) is 25.6. The van der Waals surface area contributed by atoms with Crippen molar-refractivity contribution in [1.29, 1.82) is 0 Å². The van der Waals surface area contributed by atoms with Crippen molar-refractivity contribution < 1.29 is 28.7 Å². The second-order valence-electron chi connectivity index (χ2n) is 7.20. The Bertz CT molecular complexity index is 1110. The molecule has 9 nitrogen and oxygen atoms in total. The number of nitrogens with one attached hydrogen (secondary N) is 1. The number of carbonyl (C=O) groups is 4. The van der Waals surface area contributed by atoms with E-state index in [1.807, 2.05) is 12.1 Å². The lowest BCUT2D eigenvalue weighted by atomic mass is 10.1. The molecule has 0 saturated carbocycles. The number of ether oxygens (including phenoxy) is 2. The third-order valence-corrected chi connectivity index (χ3v) is 6.13. The first-order valence-electron chi connectivity index (χ1n) is 10.3. The number of hydrogen-bond donors (Lipinski definition) is 1. The van der Waals surface area contributed by atoms with Gasteiger partial charge in [0.25, 0.3) is 5.91 Å². The van der Waals surface area contributed by atoms with E-state index in [2.05, 4.69) is 27.9 Å². The van der Waals surface area contributed by atoms with Crippen molar-refractivity contribution in [1.82, 2.24) is 4.90 Å². The maximum absolute atomic E-state index is 13.3. The molecule has 0 aliphatic carbocycles. The van der Waals surface area contributed by atoms with E-state index >= 15 is 0 Å². The van der Waals surface area contributed by atoms with Crippen LogP contribution in [0.2, 0.25) is 0 Å². The van der Waals surface area contributed by atoms with Crippen LogP contribution >= 0.6 is 34.8 Å². The van der Waals surface area contributed by atoms with Gasteiger partial charge in [0, 0.05) is 9.26 Å². The standard InChI is InChI=1S/C23H22IN3O6S/c1-3-33-22(31)14-4-10-17(11-5-14)27-21(30)18(26(23(27)34)13-20(29)32-2)12-19(28)25-16-8-6-15(24)7-9-16/h4-11,18H,3,12-13H2,1-2H3,(H,25,28)/t18-/m1/s1. The van der Waals surface area contributed by atoms with Crippen molar-refractivity contribution in [2.45, 2.75) is 19.4 Å². The quantitative estimate of drug-likeness (QED) is 0.282. The Morgan fingerprint density at radius 1 is 1.09 bits per heavy atom. The van der Waals surface area contributed by atoms with Crippen molar-refractivity contribution in [3.05, 3.63) is 57.7 Å². The van der Waals surface area contributed by atoms with Gasteiger partial charge in [-0.1, -0.05) is 0 Å². The lowest BCUT2D eigenvalue weighted by molar-refractivity contribution is -0.141. The van der Waals surface area contributed by atoms with Crippen LogP contribution in [0.4, 0.5) is 11.4 Å². The summed E-state index contributed by atoms with van der Waals surface area (Å²) in [6, 6.07) is 12.3. The third kappa shape index (κ3) is 5.89. The molecule has 1 aliphatic heterocycles. The number of rotatable bonds is 8. The predicted molar refractivity (Wildman–Crippen MR) is 137 cm³/mol. The van der Waals surface area contributed by atoms with Crippen molar-refractivity contribution in [2.75, 3.05) is 30.5 Å². The minimum Gasteiger partial charge on any atom is -0.468 e. The summed E-state index contributed by atoms with van der Waals surface area (Å²) in [5.74, 6) is -1.95. The van der Waals surface area contributed by atoms with Crippen molar-refractivity contribution in [3.8, 4) is 0 Å². The number of methoxy groups -OCH3 is 1. The Morgan fingerprint density at radius 2 is 1.74 bits per heavy atom. The van der Waals surface area contributed by atoms with E-state index in [0.29, 0.717) is 16.9 Å². The number of esters is 2. The number of carbonyl (C=O) groups excluding carboxylic acids is 4. The van der Waals surface area contributed by atoms with Gasteiger partial charge in [-0.05, 0) is 90.3 Å². The van der Waals surface area contributed by atoms with Gasteiger partial charge in [0.1, 0.15) is 12.6 Å². The molecular weight excluding hydrogens is 573 g/mol. The summed E-state index contributed by atoms with van der Waals surface area (Å²) in [5, 5.41) is 2.82. The van der Waals surface area contributed by atoms with E-state index in [9.17, 15) is 19.2 Å². The molecule has 0 unspecified atom stereocenters. The highest BCUT2D eigenvalue weighted by molar-refractivity contribution is 14.1. The van der Waals surface area contributed by atoms with E-state index in [1.165, 1.54) is 29.0 Å². The lowest BCUT2D eigenvalue weighted by Crippen LogP contribution is -2.41. The highest BCUT2D eigenvalue weighted by Gasteiger charge is 2.45. The summed E-state index contributed by atoms with van der Waals surface area (Å²) < 4.78 is 10.7. The monoisotopic (exact) mass is 595 g/mol. The van der Waals surface area contributed by atoms with E-state index < -0.39 is 29.8 Å². The molecule has 0 bridgehead atoms. The summed E-state index contributed by atoms with van der Waals surface area (Å²) in [6.07, 6.45) is -0.223. The van der Waals surface area contributed by atoms with Gasteiger partial charge < -0.3 is 19.7 Å². The molecule has 3 rings (SSSR count). The smallest absolute Gasteiger partial charge is 0.338 e. The fraction of sp³-hybridized carbons (Fsp3) is 0.261. The highest BCUT2D eigenvalue weighted by Crippen LogP contribution is 2.28. The molecule has 178 valence electrons. The van der Waals surface area contributed by atoms with Crippen LogP contribution in [0.3, 0.4) is 0 Å². The molecule has 1 N–H and O–H groups in total. The van der Waals surface area contributed by atoms with Crippen molar-refractivity contribution in [2.24, 2.45) is 0 Å². The first-order valence-corrected chi connectivity index (χ1v) is 11.8. The predicted octanol–water partition coefficient (Wildman–Crippen LogP) is 2.97. The van der Waals surface area contributed by atoms with E-state index in [1.54, 1.807) is 31.2 Å². The van der Waals surface area contributed by atoms with Gasteiger partial charge in [0.05, 0.1) is 31.4 Å². The maximum atomic E-state index is 13.3. The molecule has 1 aliphatic rings. The van der Waals surface area contributed by atoms with Crippen LogP contribution in [-0.4, -0.2) is 60.1 Å². The molecule has 1 fully saturated rings. The Hall–Kier alpha value is -3.06. The van der Waals surface area contributed by atoms with Crippen molar-refractivity contribution >= 4 is 75.0 Å². The number of benzene rings is 2. The molecule has 0 radical (unpaired) electrons. The Kier molecular flexibility index (Phi) is 8.56. The minimum atomic E-state index is -1.000. The average molecular weight is 595 g/mol. The Labute approximate surface area is 215 Å². The normalized spacial score (nSPS) is 15.3. The van der Waals surface area contributed by atoms with Crippen LogP contribution in [-0.2, 0) is 23.9 Å². The number of amides is 2. The van der Waals surface area contributed by atoms with Gasteiger partial charge in [-0.3, -0.25) is 19.3 Å². The molecule has 0 aromatic heterocycles. The van der Waals surface area contributed by atoms with Gasteiger partial charge in [-0.15, -0.1) is 0 Å². The van der Waals surface area contributed by atoms with Gasteiger partial charge in [0.2, 0.25) is 5.91 Å². The molecule has 1 heterocycles. The summed E-state index contributed by atoms with van der Waals surface area (Å²) in [7, 11) is 1.23. The molecule has 0 spiro atoms. The minimum absolute atomic E-state index is 0.0614. The fourth-order valence-corrected chi connectivity index (χ4v) is 4.08. The molecule has 2 aromatic rings. The van der Waals surface area contributed by atoms with Crippen LogP contribution in [0.1, 0.15) is 23.7 Å². The van der Waals surface area contributed by atoms with Crippen LogP contribution in [0.15, 0.2) is 48.5 Å². The SMILES string of the molecule is CCOC(=O)c1ccc(N2C(=O)[C@@H](CC(=O)Nc3ccc(I)cc3)N(CC(=O)OC)C2=S)cc1. The average Bonchev–Trinajstić information content (AvgIpc) is 3.04. The number of hydrogen-bond acceptors (Lipinski definition) is 7. The van der Waals surface area contributed by atoms with Crippen molar-refractivity contribution in [3.63, 3.8) is 0 Å². The number of halogens is 1. The zero-order valence-corrected chi connectivity index (χ0v) is 21.4. The molecule has 34 heavy (non-hydrogen) atoms. The molecular formula is C23H22IN3O6S. The molecule has 1 saturated heterocycles. The zero-order valence-electron chi connectivity index (χ0n) is 18.4. The second kappa shape index (κ2) is 11.4. The van der Waals surface area contributed by atoms with Gasteiger partial charge in [0.15, 0.2) is 5.11 Å². The van der Waals surface area contributed by atoms with E-state index in [4.69, 9.17) is 21.7 Å². The number of thiocarbonyl (C=S) groups is 1. The Morgan fingerprint density at radius 3 is 2.32 bits per heavy atom. The van der Waals surface area contributed by atoms with E-state index in [-0.39, 0.29) is 24.7 Å². The molecule has 1 atom stereocenters. The molecule has 2 amide bonds. The third-order valence-electron chi connectivity index (χ3n) is 4.99. The zero-order chi connectivity index (χ0) is 24.8. The van der Waals surface area contributed by atoms with Crippen LogP contribution < -0.4 is 10.2 Å². The second-order valence-corrected chi connectivity index (χ2v) is 8.81. The maximum Gasteiger partial charge on any atom is 0.338 e. The molecule has 2 aromatic carbocycles. The van der Waals surface area contributed by atoms with Crippen LogP contribution in [0.5, 0.6) is 0 Å². The summed E-state index contributed by atoms with van der Waals surface area (Å²) in [4.78, 5) is 52.6. The molecule has 11 heteroatoms. The first-order chi connectivity index (χ1) is 16.2. The topological polar surface area (TPSA) is 105 Å². The van der Waals surface area contributed by atoms with Gasteiger partial charge in [-0.25, -0.2) is 4.79 Å². The van der Waals surface area contributed by atoms with Gasteiger partial charge >= 0.3 is 11.9 Å². The number of nitrogens with zero attached hydrogens (tertiary/aromatic N) is 2. The van der Waals surface area contributed by atoms with Gasteiger partial charge in [-0.2, -0.15) is 0 Å². The summed E-state index contributed by atoms with van der Waals surface area (Å²) in [6.45, 7) is 1.65. The highest BCUT2D eigenvalue weighted by atomic mass is 127. The van der Waals surface area contributed by atoms with Crippen LogP contribution in [0.25, 0.3) is 0 Å². The lowest BCUT2D eigenvalue weighted by Gasteiger charge is -2.22. The van der Waals surface area contributed by atoms with Crippen LogP contribution in [0, 0.1) is 3.57 Å². The Balaban J connectivity index is 1.82. The number of anilines is 2. The van der Waals surface area contributed by atoms with E-state index in [0.717, 1.165) is 3.57 Å².